The van der Waals surface area contributed by atoms with Gasteiger partial charge in [0.15, 0.2) is 0 Å². The van der Waals surface area contributed by atoms with Gasteiger partial charge >= 0.3 is 75.0 Å². The van der Waals surface area contributed by atoms with Gasteiger partial charge in [0.1, 0.15) is 0 Å². The molecule has 1 aliphatic rings. The molecule has 0 amide bonds. The van der Waals surface area contributed by atoms with E-state index in [0.29, 0.717) is 26.6 Å². The summed E-state index contributed by atoms with van der Waals surface area (Å²) < 4.78 is 2.63. The van der Waals surface area contributed by atoms with Crippen LogP contribution in [0, 0.1) is 11.3 Å². The molecule has 1 aliphatic heterocycles. The van der Waals surface area contributed by atoms with Crippen LogP contribution in [0.25, 0.3) is 0 Å². The summed E-state index contributed by atoms with van der Waals surface area (Å²) in [5, 5.41) is 0. The SMILES string of the molecule is CC(C)C1(C)CC[I-][C@@H]1C. The molecule has 0 aromatic rings. The summed E-state index contributed by atoms with van der Waals surface area (Å²) >= 11 is 0.556. The first-order valence-corrected chi connectivity index (χ1v) is 6.92. The molecule has 0 aromatic carbocycles. The first-order valence-electron chi connectivity index (χ1n) is 4.15. The monoisotopic (exact) mass is 253 g/mol. The molecule has 0 saturated carbocycles. The Labute approximate surface area is 75.0 Å². The van der Waals surface area contributed by atoms with E-state index >= 15 is 0 Å². The van der Waals surface area contributed by atoms with E-state index in [1.54, 1.807) is 4.43 Å². The predicted octanol–water partition coefficient (Wildman–Crippen LogP) is -0.470. The van der Waals surface area contributed by atoms with Crippen molar-refractivity contribution in [3.63, 3.8) is 0 Å². The van der Waals surface area contributed by atoms with E-state index in [1.165, 1.54) is 6.42 Å². The van der Waals surface area contributed by atoms with Gasteiger partial charge < -0.3 is 0 Å². The minimum atomic E-state index is 0.556. The molecule has 0 N–H and O–H groups in total. The molecule has 0 aliphatic carbocycles. The summed E-state index contributed by atoms with van der Waals surface area (Å²) in [4.78, 5) is 0. The second kappa shape index (κ2) is 3.00. The predicted molar refractivity (Wildman–Crippen MR) is 41.9 cm³/mol. The summed E-state index contributed by atoms with van der Waals surface area (Å²) in [6.45, 7) is 9.70. The molecular formula is C9H18I-. The summed E-state index contributed by atoms with van der Waals surface area (Å²) in [5.41, 5.74) is 0.702. The Morgan fingerprint density at radius 1 is 1.50 bits per heavy atom. The summed E-state index contributed by atoms with van der Waals surface area (Å²) in [7, 11) is 0. The zero-order valence-corrected chi connectivity index (χ0v) is 9.60. The molecule has 0 bridgehead atoms. The molecule has 2 atom stereocenters. The summed E-state index contributed by atoms with van der Waals surface area (Å²) in [6, 6.07) is 0. The zero-order chi connectivity index (χ0) is 7.78. The minimum absolute atomic E-state index is 0.556. The van der Waals surface area contributed by atoms with Crippen LogP contribution in [-0.2, 0) is 0 Å². The van der Waals surface area contributed by atoms with Gasteiger partial charge in [-0.25, -0.2) is 0 Å². The molecule has 0 nitrogen and oxygen atoms in total. The van der Waals surface area contributed by atoms with Crippen LogP contribution < -0.4 is 21.2 Å². The van der Waals surface area contributed by atoms with E-state index in [9.17, 15) is 0 Å². The standard InChI is InChI=1S/C9H18I/c1-7(2)9(4)5-6-10-8(9)3/h7-8H,5-6H2,1-4H3/q-1/t8-,9?/m1/s1. The normalized spacial score (nSPS) is 41.9. The van der Waals surface area contributed by atoms with Crippen molar-refractivity contribution < 1.29 is 21.2 Å². The van der Waals surface area contributed by atoms with E-state index in [1.807, 2.05) is 0 Å². The molecule has 0 spiro atoms. The van der Waals surface area contributed by atoms with Crippen molar-refractivity contribution in [3.8, 4) is 0 Å². The Hall–Kier alpha value is 0.730. The third-order valence-electron chi connectivity index (χ3n) is 3.20. The second-order valence-electron chi connectivity index (χ2n) is 3.87. The first kappa shape index (κ1) is 8.82. The first-order chi connectivity index (χ1) is 4.57. The molecule has 0 radical (unpaired) electrons. The number of halogens is 1. The van der Waals surface area contributed by atoms with Gasteiger partial charge in [-0.15, -0.1) is 0 Å². The second-order valence-corrected chi connectivity index (χ2v) is 7.70. The van der Waals surface area contributed by atoms with Crippen LogP contribution in [-0.4, -0.2) is 8.35 Å². The van der Waals surface area contributed by atoms with Crippen LogP contribution in [0.4, 0.5) is 0 Å². The van der Waals surface area contributed by atoms with Gasteiger partial charge in [0.25, 0.3) is 0 Å². The van der Waals surface area contributed by atoms with Crippen molar-refractivity contribution in [2.75, 3.05) is 4.43 Å². The third kappa shape index (κ3) is 1.34. The molecule has 1 heteroatoms. The van der Waals surface area contributed by atoms with Gasteiger partial charge in [0.2, 0.25) is 0 Å². The average molecular weight is 253 g/mol. The number of alkyl halides is 2. The summed E-state index contributed by atoms with van der Waals surface area (Å²) in [6.07, 6.45) is 1.50. The molecular weight excluding hydrogens is 235 g/mol. The zero-order valence-electron chi connectivity index (χ0n) is 7.45. The Morgan fingerprint density at radius 3 is 2.30 bits per heavy atom. The van der Waals surface area contributed by atoms with Gasteiger partial charge in [-0.05, 0) is 0 Å². The number of hydrogen-bond acceptors (Lipinski definition) is 0. The third-order valence-corrected chi connectivity index (χ3v) is 7.11. The van der Waals surface area contributed by atoms with Crippen LogP contribution >= 0.6 is 0 Å². The van der Waals surface area contributed by atoms with Crippen LogP contribution in [0.2, 0.25) is 0 Å². The van der Waals surface area contributed by atoms with E-state index in [2.05, 4.69) is 27.7 Å². The molecule has 62 valence electrons. The quantitative estimate of drug-likeness (QED) is 0.438. The number of rotatable bonds is 1. The van der Waals surface area contributed by atoms with E-state index < -0.39 is 0 Å². The van der Waals surface area contributed by atoms with Crippen molar-refractivity contribution in [3.05, 3.63) is 0 Å². The Balaban J connectivity index is 2.66. The van der Waals surface area contributed by atoms with Gasteiger partial charge in [-0.1, -0.05) is 0 Å². The van der Waals surface area contributed by atoms with Gasteiger partial charge in [-0.2, -0.15) is 0 Å². The number of hydrogen-bond donors (Lipinski definition) is 0. The molecule has 10 heavy (non-hydrogen) atoms. The molecule has 1 saturated heterocycles. The van der Waals surface area contributed by atoms with Crippen LogP contribution in [0.15, 0.2) is 0 Å². The molecule has 1 rings (SSSR count). The fraction of sp³-hybridized carbons (Fsp3) is 1.00. The maximum atomic E-state index is 2.48. The van der Waals surface area contributed by atoms with Crippen molar-refractivity contribution in [1.82, 2.24) is 0 Å². The van der Waals surface area contributed by atoms with Crippen LogP contribution in [0.1, 0.15) is 34.1 Å². The molecule has 1 unspecified atom stereocenters. The van der Waals surface area contributed by atoms with Gasteiger partial charge in [0.05, 0.1) is 0 Å². The van der Waals surface area contributed by atoms with Gasteiger partial charge in [-0.3, -0.25) is 0 Å². The Bertz CT molecular complexity index is 120. The van der Waals surface area contributed by atoms with E-state index in [4.69, 9.17) is 0 Å². The van der Waals surface area contributed by atoms with Crippen molar-refractivity contribution in [2.45, 2.75) is 38.0 Å². The topological polar surface area (TPSA) is 0 Å². The molecule has 1 heterocycles. The van der Waals surface area contributed by atoms with E-state index in [0.717, 1.165) is 9.84 Å². The molecule has 0 aromatic heterocycles. The fourth-order valence-corrected chi connectivity index (χ4v) is 5.99. The molecule has 1 fully saturated rings. The van der Waals surface area contributed by atoms with Crippen molar-refractivity contribution in [1.29, 1.82) is 0 Å². The summed E-state index contributed by atoms with van der Waals surface area (Å²) in [5.74, 6) is 0.893. The van der Waals surface area contributed by atoms with Crippen molar-refractivity contribution in [2.24, 2.45) is 11.3 Å². The van der Waals surface area contributed by atoms with E-state index in [-0.39, 0.29) is 0 Å². The Kier molecular flexibility index (Phi) is 2.64. The van der Waals surface area contributed by atoms with Crippen LogP contribution in [0.3, 0.4) is 0 Å². The maximum absolute atomic E-state index is 2.48. The van der Waals surface area contributed by atoms with Gasteiger partial charge in [0, 0.05) is 0 Å². The van der Waals surface area contributed by atoms with Crippen LogP contribution in [0.5, 0.6) is 0 Å². The Morgan fingerprint density at radius 2 is 2.10 bits per heavy atom. The average Bonchev–Trinajstić information content (AvgIpc) is 2.15. The van der Waals surface area contributed by atoms with Crippen molar-refractivity contribution >= 4 is 0 Å². The fourth-order valence-electron chi connectivity index (χ4n) is 1.54.